The van der Waals surface area contributed by atoms with Crippen molar-refractivity contribution in [1.82, 2.24) is 0 Å². The minimum absolute atomic E-state index is 0.0296. The number of halogens is 1. The van der Waals surface area contributed by atoms with Crippen LogP contribution >= 0.6 is 11.6 Å². The maximum absolute atomic E-state index is 11.8. The molecule has 1 aliphatic heterocycles. The van der Waals surface area contributed by atoms with Gasteiger partial charge in [-0.25, -0.2) is 0 Å². The van der Waals surface area contributed by atoms with E-state index >= 15 is 0 Å². The smallest absolute Gasteiger partial charge is 0.306 e. The van der Waals surface area contributed by atoms with Crippen LogP contribution < -0.4 is 14.8 Å². The first-order chi connectivity index (χ1) is 10.1. The van der Waals surface area contributed by atoms with Crippen LogP contribution in [-0.2, 0) is 14.3 Å². The number of rotatable bonds is 5. The van der Waals surface area contributed by atoms with Gasteiger partial charge >= 0.3 is 5.97 Å². The molecule has 0 spiro atoms. The number of benzene rings is 1. The van der Waals surface area contributed by atoms with Gasteiger partial charge in [0, 0.05) is 18.6 Å². The largest absolute Gasteiger partial charge is 0.486 e. The van der Waals surface area contributed by atoms with Crippen LogP contribution in [0.15, 0.2) is 12.1 Å². The van der Waals surface area contributed by atoms with Crippen LogP contribution in [0.25, 0.3) is 0 Å². The average molecular weight is 314 g/mol. The van der Waals surface area contributed by atoms with Crippen molar-refractivity contribution in [2.75, 3.05) is 25.1 Å². The summed E-state index contributed by atoms with van der Waals surface area (Å²) in [6.07, 6.45) is 0.0610. The Hall–Kier alpha value is -1.95. The van der Waals surface area contributed by atoms with Crippen molar-refractivity contribution in [2.24, 2.45) is 0 Å². The van der Waals surface area contributed by atoms with E-state index in [2.05, 4.69) is 5.32 Å². The number of anilines is 1. The van der Waals surface area contributed by atoms with Gasteiger partial charge in [-0.1, -0.05) is 11.6 Å². The number of hydrogen-bond acceptors (Lipinski definition) is 5. The molecule has 0 aromatic heterocycles. The van der Waals surface area contributed by atoms with Gasteiger partial charge < -0.3 is 19.5 Å². The van der Waals surface area contributed by atoms with E-state index in [1.54, 1.807) is 19.1 Å². The molecule has 0 saturated carbocycles. The number of esters is 1. The zero-order chi connectivity index (χ0) is 15.2. The third-order valence-electron chi connectivity index (χ3n) is 2.77. The van der Waals surface area contributed by atoms with Crippen molar-refractivity contribution >= 4 is 29.2 Å². The molecule has 1 aromatic rings. The molecule has 1 amide bonds. The molecule has 2 rings (SSSR count). The molecule has 21 heavy (non-hydrogen) atoms. The summed E-state index contributed by atoms with van der Waals surface area (Å²) in [4.78, 5) is 23.0. The summed E-state index contributed by atoms with van der Waals surface area (Å²) < 4.78 is 15.6. The van der Waals surface area contributed by atoms with Gasteiger partial charge in [0.25, 0.3) is 0 Å². The Bertz CT molecular complexity index is 546. The summed E-state index contributed by atoms with van der Waals surface area (Å²) in [5, 5.41) is 2.99. The fraction of sp³-hybridized carbons (Fsp3) is 0.429. The molecule has 0 atom stereocenters. The molecule has 0 fully saturated rings. The van der Waals surface area contributed by atoms with Gasteiger partial charge in [-0.05, 0) is 6.92 Å². The average Bonchev–Trinajstić information content (AvgIpc) is 2.46. The van der Waals surface area contributed by atoms with Crippen molar-refractivity contribution in [3.05, 3.63) is 17.2 Å². The van der Waals surface area contributed by atoms with E-state index in [0.717, 1.165) is 0 Å². The SMILES string of the molecule is CCOC(=O)CCC(=O)Nc1cc2c(cc1Cl)OCCO2. The lowest BCUT2D eigenvalue weighted by Gasteiger charge is -2.20. The molecular weight excluding hydrogens is 298 g/mol. The summed E-state index contributed by atoms with van der Waals surface area (Å²) in [5.41, 5.74) is 0.426. The summed E-state index contributed by atoms with van der Waals surface area (Å²) in [5.74, 6) is 0.365. The Balaban J connectivity index is 1.96. The van der Waals surface area contributed by atoms with Gasteiger partial charge in [0.05, 0.1) is 23.7 Å². The molecule has 0 bridgehead atoms. The van der Waals surface area contributed by atoms with E-state index in [0.29, 0.717) is 42.0 Å². The minimum Gasteiger partial charge on any atom is -0.486 e. The number of ether oxygens (including phenoxy) is 3. The molecule has 6 nitrogen and oxygen atoms in total. The maximum atomic E-state index is 11.8. The van der Waals surface area contributed by atoms with Crippen molar-refractivity contribution in [1.29, 1.82) is 0 Å². The monoisotopic (exact) mass is 313 g/mol. The van der Waals surface area contributed by atoms with E-state index in [-0.39, 0.29) is 18.7 Å². The minimum atomic E-state index is -0.402. The number of hydrogen-bond donors (Lipinski definition) is 1. The van der Waals surface area contributed by atoms with Gasteiger partial charge in [0.15, 0.2) is 11.5 Å². The number of nitrogens with one attached hydrogen (secondary N) is 1. The number of carbonyl (C=O) groups excluding carboxylic acids is 2. The molecule has 0 saturated heterocycles. The first-order valence-electron chi connectivity index (χ1n) is 6.64. The Morgan fingerprint density at radius 2 is 1.90 bits per heavy atom. The van der Waals surface area contributed by atoms with Gasteiger partial charge in [-0.2, -0.15) is 0 Å². The van der Waals surface area contributed by atoms with Gasteiger partial charge in [-0.15, -0.1) is 0 Å². The van der Waals surface area contributed by atoms with Crippen molar-refractivity contribution in [3.8, 4) is 11.5 Å². The lowest BCUT2D eigenvalue weighted by atomic mass is 10.2. The summed E-state index contributed by atoms with van der Waals surface area (Å²) >= 11 is 6.08. The highest BCUT2D eigenvalue weighted by Gasteiger charge is 2.16. The van der Waals surface area contributed by atoms with Crippen LogP contribution in [0, 0.1) is 0 Å². The second-order valence-electron chi connectivity index (χ2n) is 4.33. The molecule has 114 valence electrons. The number of fused-ring (bicyclic) bond motifs is 1. The highest BCUT2D eigenvalue weighted by Crippen LogP contribution is 2.37. The first kappa shape index (κ1) is 15.4. The highest BCUT2D eigenvalue weighted by atomic mass is 35.5. The van der Waals surface area contributed by atoms with E-state index in [9.17, 15) is 9.59 Å². The predicted molar refractivity (Wildman–Crippen MR) is 76.9 cm³/mol. The quantitative estimate of drug-likeness (QED) is 0.845. The normalized spacial score (nSPS) is 12.7. The standard InChI is InChI=1S/C14H16ClNO5/c1-2-19-14(18)4-3-13(17)16-10-8-12-11(7-9(10)15)20-5-6-21-12/h7-8H,2-6H2,1H3,(H,16,17). The van der Waals surface area contributed by atoms with Crippen LogP contribution in [0.1, 0.15) is 19.8 Å². The lowest BCUT2D eigenvalue weighted by Crippen LogP contribution is -2.17. The molecule has 7 heteroatoms. The molecule has 1 heterocycles. The first-order valence-corrected chi connectivity index (χ1v) is 7.02. The van der Waals surface area contributed by atoms with Crippen molar-refractivity contribution in [3.63, 3.8) is 0 Å². The molecule has 0 unspecified atom stereocenters. The Kier molecular flexibility index (Phi) is 5.27. The van der Waals surface area contributed by atoms with Crippen LogP contribution in [0.4, 0.5) is 5.69 Å². The summed E-state index contributed by atoms with van der Waals surface area (Å²) in [6.45, 7) is 2.93. The van der Waals surface area contributed by atoms with Crippen LogP contribution in [-0.4, -0.2) is 31.7 Å². The van der Waals surface area contributed by atoms with E-state index in [4.69, 9.17) is 25.8 Å². The second-order valence-corrected chi connectivity index (χ2v) is 4.74. The van der Waals surface area contributed by atoms with Crippen LogP contribution in [0.5, 0.6) is 11.5 Å². The van der Waals surface area contributed by atoms with E-state index < -0.39 is 5.97 Å². The van der Waals surface area contributed by atoms with Gasteiger partial charge in [-0.3, -0.25) is 9.59 Å². The Labute approximate surface area is 127 Å². The van der Waals surface area contributed by atoms with Crippen molar-refractivity contribution < 1.29 is 23.8 Å². The molecule has 1 aliphatic rings. The maximum Gasteiger partial charge on any atom is 0.306 e. The fourth-order valence-corrected chi connectivity index (χ4v) is 2.02. The Morgan fingerprint density at radius 3 is 2.57 bits per heavy atom. The van der Waals surface area contributed by atoms with Crippen LogP contribution in [0.3, 0.4) is 0 Å². The summed E-state index contributed by atoms with van der Waals surface area (Å²) in [7, 11) is 0. The van der Waals surface area contributed by atoms with E-state index in [1.165, 1.54) is 0 Å². The van der Waals surface area contributed by atoms with E-state index in [1.807, 2.05) is 0 Å². The molecule has 0 radical (unpaired) electrons. The fourth-order valence-electron chi connectivity index (χ4n) is 1.82. The number of carbonyl (C=O) groups is 2. The number of amides is 1. The molecular formula is C14H16ClNO5. The highest BCUT2D eigenvalue weighted by molar-refractivity contribution is 6.34. The van der Waals surface area contributed by atoms with Crippen molar-refractivity contribution in [2.45, 2.75) is 19.8 Å². The zero-order valence-electron chi connectivity index (χ0n) is 11.6. The van der Waals surface area contributed by atoms with Crippen LogP contribution in [0.2, 0.25) is 5.02 Å². The molecule has 1 aromatic carbocycles. The zero-order valence-corrected chi connectivity index (χ0v) is 12.4. The third kappa shape index (κ3) is 4.26. The van der Waals surface area contributed by atoms with Gasteiger partial charge in [0.1, 0.15) is 13.2 Å². The second kappa shape index (κ2) is 7.17. The topological polar surface area (TPSA) is 73.9 Å². The molecule has 1 N–H and O–H groups in total. The lowest BCUT2D eigenvalue weighted by molar-refractivity contribution is -0.144. The third-order valence-corrected chi connectivity index (χ3v) is 3.08. The Morgan fingerprint density at radius 1 is 1.24 bits per heavy atom. The predicted octanol–water partition coefficient (Wildman–Crippen LogP) is 2.39. The molecule has 0 aliphatic carbocycles. The van der Waals surface area contributed by atoms with Gasteiger partial charge in [0.2, 0.25) is 5.91 Å². The summed E-state index contributed by atoms with van der Waals surface area (Å²) in [6, 6.07) is 3.20.